The van der Waals surface area contributed by atoms with Crippen molar-refractivity contribution in [2.45, 2.75) is 38.3 Å². The zero-order valence-electron chi connectivity index (χ0n) is 18.1. The third-order valence-corrected chi connectivity index (χ3v) is 6.27. The topological polar surface area (TPSA) is 84.5 Å². The highest BCUT2D eigenvalue weighted by molar-refractivity contribution is 7.92. The Bertz CT molecular complexity index is 1190. The van der Waals surface area contributed by atoms with E-state index in [2.05, 4.69) is 10.0 Å². The summed E-state index contributed by atoms with van der Waals surface area (Å²) in [6, 6.07) is 18.3. The third-order valence-electron chi connectivity index (χ3n) is 4.54. The molecule has 0 fully saturated rings. The number of anilines is 1. The molecule has 0 aliphatic carbocycles. The summed E-state index contributed by atoms with van der Waals surface area (Å²) in [5.41, 5.74) is 2.27. The smallest absolute Gasteiger partial charge is 0.261 e. The van der Waals surface area contributed by atoms with Crippen LogP contribution in [0.2, 0.25) is 5.02 Å². The molecule has 0 spiro atoms. The van der Waals surface area contributed by atoms with Gasteiger partial charge in [0, 0.05) is 12.2 Å². The predicted molar refractivity (Wildman–Crippen MR) is 127 cm³/mol. The fourth-order valence-corrected chi connectivity index (χ4v) is 4.18. The number of amides is 1. The molecule has 0 unspecified atom stereocenters. The Hall–Kier alpha value is -3.03. The Kier molecular flexibility index (Phi) is 7.43. The van der Waals surface area contributed by atoms with Crippen molar-refractivity contribution in [2.75, 3.05) is 4.72 Å². The van der Waals surface area contributed by atoms with Gasteiger partial charge in [0.25, 0.3) is 15.9 Å². The van der Waals surface area contributed by atoms with Gasteiger partial charge < -0.3 is 10.1 Å². The number of carbonyl (C=O) groups excluding carboxylic acids is 1. The minimum Gasteiger partial charge on any atom is -0.491 e. The van der Waals surface area contributed by atoms with Crippen LogP contribution in [0.1, 0.15) is 35.3 Å². The molecule has 0 heterocycles. The molecule has 0 aromatic heterocycles. The minimum atomic E-state index is -3.79. The van der Waals surface area contributed by atoms with Gasteiger partial charge in [-0.25, -0.2) is 8.42 Å². The summed E-state index contributed by atoms with van der Waals surface area (Å²) in [5.74, 6) is 0.348. The number of halogens is 1. The molecule has 0 radical (unpaired) electrons. The Balaban J connectivity index is 1.69. The van der Waals surface area contributed by atoms with E-state index >= 15 is 0 Å². The minimum absolute atomic E-state index is 0.0819. The van der Waals surface area contributed by atoms with Crippen molar-refractivity contribution < 1.29 is 17.9 Å². The largest absolute Gasteiger partial charge is 0.491 e. The van der Waals surface area contributed by atoms with Gasteiger partial charge in [-0.3, -0.25) is 9.52 Å². The van der Waals surface area contributed by atoms with Crippen molar-refractivity contribution >= 4 is 33.2 Å². The molecule has 3 rings (SSSR count). The van der Waals surface area contributed by atoms with Crippen LogP contribution in [0.15, 0.2) is 71.6 Å². The fourth-order valence-electron chi connectivity index (χ4n) is 2.93. The summed E-state index contributed by atoms with van der Waals surface area (Å²) in [5, 5.41) is 3.03. The molecular weight excluding hydrogens is 448 g/mol. The van der Waals surface area contributed by atoms with Gasteiger partial charge in [-0.15, -0.1) is 0 Å². The molecule has 3 aromatic carbocycles. The number of hydrogen-bond donors (Lipinski definition) is 2. The van der Waals surface area contributed by atoms with E-state index in [-0.39, 0.29) is 33.8 Å². The number of ether oxygens (including phenoxy) is 1. The Morgan fingerprint density at radius 1 is 1.00 bits per heavy atom. The van der Waals surface area contributed by atoms with Crippen molar-refractivity contribution in [3.63, 3.8) is 0 Å². The van der Waals surface area contributed by atoms with Crippen molar-refractivity contribution in [3.05, 3.63) is 88.4 Å². The first-order valence-electron chi connectivity index (χ1n) is 10.1. The molecular formula is C24H25ClN2O4S. The van der Waals surface area contributed by atoms with Crippen LogP contribution in [0, 0.1) is 6.92 Å². The van der Waals surface area contributed by atoms with E-state index in [9.17, 15) is 13.2 Å². The lowest BCUT2D eigenvalue weighted by molar-refractivity contribution is 0.0951. The molecule has 0 saturated heterocycles. The summed E-state index contributed by atoms with van der Waals surface area (Å²) in [6.45, 7) is 6.07. The normalized spacial score (nSPS) is 11.3. The molecule has 1 amide bonds. The van der Waals surface area contributed by atoms with E-state index in [4.69, 9.17) is 16.3 Å². The predicted octanol–water partition coefficient (Wildman–Crippen LogP) is 5.17. The zero-order chi connectivity index (χ0) is 23.3. The summed E-state index contributed by atoms with van der Waals surface area (Å²) in [4.78, 5) is 12.8. The highest BCUT2D eigenvalue weighted by Gasteiger charge is 2.17. The van der Waals surface area contributed by atoms with Crippen molar-refractivity contribution in [1.29, 1.82) is 0 Å². The summed E-state index contributed by atoms with van der Waals surface area (Å²) in [6.07, 6.45) is 0.0819. The Labute approximate surface area is 193 Å². The molecule has 0 saturated carbocycles. The van der Waals surface area contributed by atoms with Gasteiger partial charge in [0.15, 0.2) is 0 Å². The maximum Gasteiger partial charge on any atom is 0.261 e. The van der Waals surface area contributed by atoms with Gasteiger partial charge in [0.2, 0.25) is 0 Å². The highest BCUT2D eigenvalue weighted by atomic mass is 35.5. The van der Waals surface area contributed by atoms with Gasteiger partial charge in [-0.2, -0.15) is 0 Å². The summed E-state index contributed by atoms with van der Waals surface area (Å²) < 4.78 is 33.4. The Morgan fingerprint density at radius 3 is 2.28 bits per heavy atom. The van der Waals surface area contributed by atoms with E-state index in [1.165, 1.54) is 30.3 Å². The molecule has 2 N–H and O–H groups in total. The molecule has 32 heavy (non-hydrogen) atoms. The fraction of sp³-hybridized carbons (Fsp3) is 0.208. The quantitative estimate of drug-likeness (QED) is 0.474. The van der Waals surface area contributed by atoms with Gasteiger partial charge in [0.1, 0.15) is 5.75 Å². The van der Waals surface area contributed by atoms with Gasteiger partial charge in [0.05, 0.1) is 21.6 Å². The zero-order valence-corrected chi connectivity index (χ0v) is 19.6. The number of sulfonamides is 1. The van der Waals surface area contributed by atoms with Crippen molar-refractivity contribution in [2.24, 2.45) is 0 Å². The number of hydrogen-bond acceptors (Lipinski definition) is 4. The molecule has 0 aliphatic heterocycles. The lowest BCUT2D eigenvalue weighted by Crippen LogP contribution is -2.23. The lowest BCUT2D eigenvalue weighted by Gasteiger charge is -2.12. The highest BCUT2D eigenvalue weighted by Crippen LogP contribution is 2.23. The Morgan fingerprint density at radius 2 is 1.66 bits per heavy atom. The number of benzene rings is 3. The van der Waals surface area contributed by atoms with E-state index in [1.54, 1.807) is 12.1 Å². The van der Waals surface area contributed by atoms with Crippen LogP contribution in [-0.2, 0) is 16.6 Å². The third kappa shape index (κ3) is 6.24. The SMILES string of the molecule is Cc1ccc(S(=O)(=O)Nc2ccc(Cl)c(C(=O)NCc3ccc(OC(C)C)cc3)c2)cc1. The number of aryl methyl sites for hydroxylation is 1. The number of rotatable bonds is 8. The van der Waals surface area contributed by atoms with Crippen LogP contribution in [0.3, 0.4) is 0 Å². The monoisotopic (exact) mass is 472 g/mol. The molecule has 6 nitrogen and oxygen atoms in total. The lowest BCUT2D eigenvalue weighted by atomic mass is 10.1. The summed E-state index contributed by atoms with van der Waals surface area (Å²) in [7, 11) is -3.79. The van der Waals surface area contributed by atoms with Crippen LogP contribution in [-0.4, -0.2) is 20.4 Å². The van der Waals surface area contributed by atoms with Crippen molar-refractivity contribution in [3.8, 4) is 5.75 Å². The van der Waals surface area contributed by atoms with E-state index in [0.717, 1.165) is 16.9 Å². The van der Waals surface area contributed by atoms with Crippen LogP contribution < -0.4 is 14.8 Å². The maximum atomic E-state index is 12.7. The first kappa shape index (κ1) is 23.6. The molecule has 0 bridgehead atoms. The average molecular weight is 473 g/mol. The van der Waals surface area contributed by atoms with Crippen molar-refractivity contribution in [1.82, 2.24) is 5.32 Å². The van der Waals surface area contributed by atoms with Gasteiger partial charge >= 0.3 is 0 Å². The van der Waals surface area contributed by atoms with E-state index < -0.39 is 15.9 Å². The number of carbonyl (C=O) groups is 1. The second-order valence-electron chi connectivity index (χ2n) is 7.61. The first-order chi connectivity index (χ1) is 15.1. The van der Waals surface area contributed by atoms with Crippen LogP contribution >= 0.6 is 11.6 Å². The molecule has 0 aliphatic rings. The number of nitrogens with one attached hydrogen (secondary N) is 2. The second kappa shape index (κ2) is 10.1. The van der Waals surface area contributed by atoms with Crippen LogP contribution in [0.25, 0.3) is 0 Å². The summed E-state index contributed by atoms with van der Waals surface area (Å²) >= 11 is 6.19. The molecule has 0 atom stereocenters. The van der Waals surface area contributed by atoms with Gasteiger partial charge in [-0.1, -0.05) is 41.4 Å². The average Bonchev–Trinajstić information content (AvgIpc) is 2.74. The standard InChI is InChI=1S/C24H25ClN2O4S/c1-16(2)31-20-9-6-18(7-10-20)15-26-24(28)22-14-19(8-13-23(22)25)27-32(29,30)21-11-4-17(3)5-12-21/h4-14,16,27H,15H2,1-3H3,(H,26,28). The first-order valence-corrected chi connectivity index (χ1v) is 11.9. The van der Waals surface area contributed by atoms with Crippen LogP contribution in [0.4, 0.5) is 5.69 Å². The van der Waals surface area contributed by atoms with Crippen LogP contribution in [0.5, 0.6) is 5.75 Å². The molecule has 8 heteroatoms. The maximum absolute atomic E-state index is 12.7. The molecule has 3 aromatic rings. The second-order valence-corrected chi connectivity index (χ2v) is 9.70. The van der Waals surface area contributed by atoms with E-state index in [1.807, 2.05) is 45.0 Å². The van der Waals surface area contributed by atoms with E-state index in [0.29, 0.717) is 0 Å². The van der Waals surface area contributed by atoms with Gasteiger partial charge in [-0.05, 0) is 68.8 Å². The molecule has 168 valence electrons.